The van der Waals surface area contributed by atoms with Gasteiger partial charge in [0.1, 0.15) is 18.5 Å². The average Bonchev–Trinajstić information content (AvgIpc) is 2.90. The van der Waals surface area contributed by atoms with E-state index in [0.717, 1.165) is 35.4 Å². The van der Waals surface area contributed by atoms with E-state index in [-0.39, 0.29) is 12.0 Å². The minimum atomic E-state index is -0.272. The number of amides is 1. The summed E-state index contributed by atoms with van der Waals surface area (Å²) in [7, 11) is 0. The normalized spacial score (nSPS) is 22.0. The van der Waals surface area contributed by atoms with Gasteiger partial charge in [0.2, 0.25) is 0 Å². The number of hydrogen-bond acceptors (Lipinski definition) is 3. The van der Waals surface area contributed by atoms with Gasteiger partial charge in [-0.25, -0.2) is 0 Å². The maximum absolute atomic E-state index is 12.5. The number of nitrogens with zero attached hydrogens (tertiary/aromatic N) is 1. The zero-order chi connectivity index (χ0) is 13.4. The van der Waals surface area contributed by atoms with E-state index in [2.05, 4.69) is 6.07 Å². The summed E-state index contributed by atoms with van der Waals surface area (Å²) in [4.78, 5) is 14.4. The fourth-order valence-corrected chi connectivity index (χ4v) is 2.90. The van der Waals surface area contributed by atoms with Gasteiger partial charge >= 0.3 is 0 Å². The number of anilines is 1. The van der Waals surface area contributed by atoms with E-state index in [1.165, 1.54) is 0 Å². The monoisotopic (exact) mass is 261 g/mol. The Morgan fingerprint density at radius 3 is 2.89 bits per heavy atom. The topological polar surface area (TPSA) is 38.8 Å². The predicted molar refractivity (Wildman–Crippen MR) is 72.7 cm³/mol. The quantitative estimate of drug-likeness (QED) is 0.778. The zero-order valence-electron chi connectivity index (χ0n) is 11.4. The molecule has 102 valence electrons. The minimum Gasteiger partial charge on any atom is -0.490 e. The van der Waals surface area contributed by atoms with Crippen LogP contribution >= 0.6 is 0 Å². The van der Waals surface area contributed by atoms with E-state index in [1.807, 2.05) is 24.8 Å². The lowest BCUT2D eigenvalue weighted by Crippen LogP contribution is -2.44. The first kappa shape index (κ1) is 12.5. The Bertz CT molecular complexity index is 506. The number of aryl methyl sites for hydroxylation is 2. The molecule has 2 aliphatic rings. The van der Waals surface area contributed by atoms with Gasteiger partial charge < -0.3 is 14.4 Å². The van der Waals surface area contributed by atoms with Crippen LogP contribution in [0.5, 0.6) is 5.75 Å². The second-order valence-corrected chi connectivity index (χ2v) is 5.27. The van der Waals surface area contributed by atoms with Crippen LogP contribution in [0.15, 0.2) is 12.1 Å². The molecular formula is C15H19NO3. The molecule has 1 atom stereocenters. The molecule has 1 fully saturated rings. The highest BCUT2D eigenvalue weighted by Gasteiger charge is 2.33. The number of carbonyl (C=O) groups is 1. The van der Waals surface area contributed by atoms with Gasteiger partial charge in [-0.15, -0.1) is 0 Å². The Kier molecular flexibility index (Phi) is 3.19. The summed E-state index contributed by atoms with van der Waals surface area (Å²) in [6.45, 7) is 5.91. The second-order valence-electron chi connectivity index (χ2n) is 5.27. The summed E-state index contributed by atoms with van der Waals surface area (Å²) >= 11 is 0. The largest absolute Gasteiger partial charge is 0.490 e. The predicted octanol–water partition coefficient (Wildman–Crippen LogP) is 2.21. The number of fused-ring (bicyclic) bond motifs is 1. The van der Waals surface area contributed by atoms with Crippen LogP contribution in [-0.2, 0) is 9.53 Å². The summed E-state index contributed by atoms with van der Waals surface area (Å²) in [5.74, 6) is 0.893. The Morgan fingerprint density at radius 1 is 1.32 bits per heavy atom. The number of hydrogen-bond donors (Lipinski definition) is 0. The van der Waals surface area contributed by atoms with Crippen molar-refractivity contribution < 1.29 is 14.3 Å². The highest BCUT2D eigenvalue weighted by molar-refractivity contribution is 5.99. The maximum Gasteiger partial charge on any atom is 0.256 e. The molecule has 0 bridgehead atoms. The molecule has 0 N–H and O–H groups in total. The van der Waals surface area contributed by atoms with Gasteiger partial charge in [0.25, 0.3) is 5.91 Å². The molecular weight excluding hydrogens is 242 g/mol. The van der Waals surface area contributed by atoms with Crippen LogP contribution in [0.4, 0.5) is 5.69 Å². The van der Waals surface area contributed by atoms with Gasteiger partial charge in [0, 0.05) is 6.61 Å². The number of rotatable bonds is 1. The molecule has 0 radical (unpaired) electrons. The lowest BCUT2D eigenvalue weighted by molar-refractivity contribution is -0.127. The first-order valence-electron chi connectivity index (χ1n) is 6.84. The summed E-state index contributed by atoms with van der Waals surface area (Å²) in [5, 5.41) is 0. The van der Waals surface area contributed by atoms with E-state index in [1.54, 1.807) is 0 Å². The van der Waals surface area contributed by atoms with Gasteiger partial charge in [-0.1, -0.05) is 6.07 Å². The lowest BCUT2D eigenvalue weighted by Gasteiger charge is -2.32. The summed E-state index contributed by atoms with van der Waals surface area (Å²) in [6.07, 6.45) is 1.53. The van der Waals surface area contributed by atoms with Crippen molar-refractivity contribution in [3.05, 3.63) is 23.3 Å². The van der Waals surface area contributed by atoms with E-state index >= 15 is 0 Å². The fraction of sp³-hybridized carbons (Fsp3) is 0.533. The third-order valence-electron chi connectivity index (χ3n) is 3.72. The van der Waals surface area contributed by atoms with Gasteiger partial charge in [-0.05, 0) is 43.9 Å². The average molecular weight is 261 g/mol. The van der Waals surface area contributed by atoms with Crippen molar-refractivity contribution in [1.29, 1.82) is 0 Å². The number of benzene rings is 1. The lowest BCUT2D eigenvalue weighted by atomic mass is 10.1. The van der Waals surface area contributed by atoms with Crippen molar-refractivity contribution in [3.63, 3.8) is 0 Å². The van der Waals surface area contributed by atoms with Crippen molar-refractivity contribution in [2.24, 2.45) is 0 Å². The van der Waals surface area contributed by atoms with E-state index < -0.39 is 0 Å². The first-order chi connectivity index (χ1) is 9.16. The molecule has 19 heavy (non-hydrogen) atoms. The molecule has 1 saturated heterocycles. The smallest absolute Gasteiger partial charge is 0.256 e. The minimum absolute atomic E-state index is 0.0778. The van der Waals surface area contributed by atoms with Crippen LogP contribution in [0, 0.1) is 13.8 Å². The highest BCUT2D eigenvalue weighted by Crippen LogP contribution is 2.36. The van der Waals surface area contributed by atoms with E-state index in [0.29, 0.717) is 19.8 Å². The third-order valence-corrected chi connectivity index (χ3v) is 3.72. The number of carbonyl (C=O) groups excluding carboxylic acids is 1. The Morgan fingerprint density at radius 2 is 2.16 bits per heavy atom. The Labute approximate surface area is 113 Å². The summed E-state index contributed by atoms with van der Waals surface area (Å²) < 4.78 is 11.2. The van der Waals surface area contributed by atoms with E-state index in [4.69, 9.17) is 9.47 Å². The molecule has 0 spiro atoms. The summed E-state index contributed by atoms with van der Waals surface area (Å²) in [5.41, 5.74) is 3.15. The van der Waals surface area contributed by atoms with Crippen LogP contribution < -0.4 is 9.64 Å². The van der Waals surface area contributed by atoms with Crippen LogP contribution in [-0.4, -0.2) is 31.8 Å². The SMILES string of the molecule is Cc1cc(C)c2c(c1)OCCN2C(=O)C1CCCO1. The Hall–Kier alpha value is -1.55. The molecule has 1 aromatic rings. The van der Waals surface area contributed by atoms with E-state index in [9.17, 15) is 4.79 Å². The van der Waals surface area contributed by atoms with Crippen LogP contribution in [0.3, 0.4) is 0 Å². The third kappa shape index (κ3) is 2.21. The fourth-order valence-electron chi connectivity index (χ4n) is 2.90. The molecule has 3 rings (SSSR count). The molecule has 2 heterocycles. The van der Waals surface area contributed by atoms with Crippen molar-refractivity contribution in [2.45, 2.75) is 32.8 Å². The molecule has 1 unspecified atom stereocenters. The Balaban J connectivity index is 1.95. The second kappa shape index (κ2) is 4.85. The molecule has 1 amide bonds. The maximum atomic E-state index is 12.5. The van der Waals surface area contributed by atoms with Crippen molar-refractivity contribution in [2.75, 3.05) is 24.7 Å². The van der Waals surface area contributed by atoms with Gasteiger partial charge in [-0.2, -0.15) is 0 Å². The van der Waals surface area contributed by atoms with Crippen LogP contribution in [0.2, 0.25) is 0 Å². The first-order valence-corrected chi connectivity index (χ1v) is 6.84. The van der Waals surface area contributed by atoms with Gasteiger partial charge in [0.05, 0.1) is 12.2 Å². The van der Waals surface area contributed by atoms with Crippen LogP contribution in [0.25, 0.3) is 0 Å². The zero-order valence-corrected chi connectivity index (χ0v) is 11.4. The van der Waals surface area contributed by atoms with Crippen LogP contribution in [0.1, 0.15) is 24.0 Å². The standard InChI is InChI=1S/C15H19NO3/c1-10-8-11(2)14-13(9-10)19-7-5-16(14)15(17)12-4-3-6-18-12/h8-9,12H,3-7H2,1-2H3. The molecule has 4 nitrogen and oxygen atoms in total. The molecule has 4 heteroatoms. The molecule has 0 aliphatic carbocycles. The van der Waals surface area contributed by atoms with Gasteiger partial charge in [-0.3, -0.25) is 4.79 Å². The molecule has 2 aliphatic heterocycles. The number of ether oxygens (including phenoxy) is 2. The molecule has 1 aromatic carbocycles. The van der Waals surface area contributed by atoms with Gasteiger partial charge in [0.15, 0.2) is 0 Å². The van der Waals surface area contributed by atoms with Crippen molar-refractivity contribution in [1.82, 2.24) is 0 Å². The summed E-state index contributed by atoms with van der Waals surface area (Å²) in [6, 6.07) is 4.08. The van der Waals surface area contributed by atoms with Crippen molar-refractivity contribution in [3.8, 4) is 5.75 Å². The molecule has 0 saturated carbocycles. The molecule has 0 aromatic heterocycles. The highest BCUT2D eigenvalue weighted by atomic mass is 16.5. The van der Waals surface area contributed by atoms with Crippen molar-refractivity contribution >= 4 is 11.6 Å².